The van der Waals surface area contributed by atoms with Gasteiger partial charge in [-0.05, 0) is 12.8 Å². The molecule has 0 bridgehead atoms. The Morgan fingerprint density at radius 2 is 2.36 bits per heavy atom. The topological polar surface area (TPSA) is 96.4 Å². The maximum atomic E-state index is 11.4. The van der Waals surface area contributed by atoms with Gasteiger partial charge in [-0.25, -0.2) is 4.79 Å². The van der Waals surface area contributed by atoms with Crippen molar-refractivity contribution in [1.29, 1.82) is 5.26 Å². The van der Waals surface area contributed by atoms with E-state index in [0.717, 1.165) is 6.42 Å². The van der Waals surface area contributed by atoms with Crippen molar-refractivity contribution in [1.82, 2.24) is 4.90 Å². The van der Waals surface area contributed by atoms with E-state index in [1.165, 1.54) is 4.90 Å². The zero-order chi connectivity index (χ0) is 10.6. The fraction of sp³-hybridized carbons (Fsp3) is 0.625. The lowest BCUT2D eigenvalue weighted by Gasteiger charge is -2.18. The summed E-state index contributed by atoms with van der Waals surface area (Å²) in [5.41, 5.74) is 4.71. The number of carbonyl (C=O) groups is 2. The first-order valence-corrected chi connectivity index (χ1v) is 4.26. The Labute approximate surface area is 81.2 Å². The minimum Gasteiger partial charge on any atom is -0.440 e. The van der Waals surface area contributed by atoms with Crippen LogP contribution < -0.4 is 5.73 Å². The Hall–Kier alpha value is -1.77. The Balaban J connectivity index is 2.44. The van der Waals surface area contributed by atoms with Crippen LogP contribution in [-0.4, -0.2) is 36.1 Å². The number of amides is 2. The predicted molar refractivity (Wildman–Crippen MR) is 45.9 cm³/mol. The van der Waals surface area contributed by atoms with Crippen molar-refractivity contribution < 1.29 is 14.3 Å². The third-order valence-corrected chi connectivity index (χ3v) is 2.06. The highest BCUT2D eigenvalue weighted by Gasteiger charge is 2.28. The summed E-state index contributed by atoms with van der Waals surface area (Å²) in [6.07, 6.45) is 0.505. The van der Waals surface area contributed by atoms with Gasteiger partial charge in [0.25, 0.3) is 5.91 Å². The Morgan fingerprint density at radius 3 is 2.93 bits per heavy atom. The van der Waals surface area contributed by atoms with Crippen molar-refractivity contribution in [2.45, 2.75) is 18.9 Å². The molecule has 6 nitrogen and oxygen atoms in total. The van der Waals surface area contributed by atoms with Gasteiger partial charge in [0.2, 0.25) is 0 Å². The molecule has 0 aromatic carbocycles. The second-order valence-corrected chi connectivity index (χ2v) is 2.98. The largest absolute Gasteiger partial charge is 0.440 e. The van der Waals surface area contributed by atoms with E-state index < -0.39 is 6.09 Å². The fourth-order valence-electron chi connectivity index (χ4n) is 1.42. The molecule has 1 rings (SSSR count). The van der Waals surface area contributed by atoms with E-state index in [-0.39, 0.29) is 18.6 Å². The van der Waals surface area contributed by atoms with Crippen LogP contribution in [0, 0.1) is 11.3 Å². The van der Waals surface area contributed by atoms with Gasteiger partial charge in [-0.15, -0.1) is 0 Å². The van der Waals surface area contributed by atoms with Gasteiger partial charge in [0, 0.05) is 6.54 Å². The van der Waals surface area contributed by atoms with Crippen LogP contribution in [0.15, 0.2) is 0 Å². The van der Waals surface area contributed by atoms with E-state index in [0.29, 0.717) is 13.0 Å². The molecular weight excluding hydrogens is 186 g/mol. The molecule has 76 valence electrons. The number of primary amides is 1. The normalized spacial score (nSPS) is 20.2. The minimum atomic E-state index is -0.981. The summed E-state index contributed by atoms with van der Waals surface area (Å²) in [4.78, 5) is 23.0. The van der Waals surface area contributed by atoms with Crippen LogP contribution in [0.25, 0.3) is 0 Å². The average molecular weight is 197 g/mol. The fourth-order valence-corrected chi connectivity index (χ4v) is 1.42. The second kappa shape index (κ2) is 4.46. The van der Waals surface area contributed by atoms with Gasteiger partial charge < -0.3 is 15.4 Å². The molecule has 1 saturated heterocycles. The van der Waals surface area contributed by atoms with Crippen molar-refractivity contribution in [3.05, 3.63) is 0 Å². The molecule has 0 radical (unpaired) electrons. The Morgan fingerprint density at radius 1 is 1.64 bits per heavy atom. The van der Waals surface area contributed by atoms with Crippen molar-refractivity contribution in [3.8, 4) is 6.07 Å². The third kappa shape index (κ3) is 2.36. The zero-order valence-electron chi connectivity index (χ0n) is 7.60. The van der Waals surface area contributed by atoms with Crippen molar-refractivity contribution in [2.75, 3.05) is 13.2 Å². The molecule has 1 atom stereocenters. The van der Waals surface area contributed by atoms with Crippen LogP contribution in [-0.2, 0) is 9.53 Å². The highest BCUT2D eigenvalue weighted by Crippen LogP contribution is 2.16. The molecule has 1 fully saturated rings. The maximum Gasteiger partial charge on any atom is 0.405 e. The first-order valence-electron chi connectivity index (χ1n) is 4.26. The lowest BCUT2D eigenvalue weighted by molar-refractivity contribution is -0.134. The third-order valence-electron chi connectivity index (χ3n) is 2.06. The summed E-state index contributed by atoms with van der Waals surface area (Å²) < 4.78 is 4.35. The van der Waals surface area contributed by atoms with Gasteiger partial charge in [-0.3, -0.25) is 4.79 Å². The van der Waals surface area contributed by atoms with E-state index in [2.05, 4.69) is 4.74 Å². The molecule has 6 heteroatoms. The van der Waals surface area contributed by atoms with Gasteiger partial charge in [-0.1, -0.05) is 0 Å². The minimum absolute atomic E-state index is 0.368. The van der Waals surface area contributed by atoms with Crippen molar-refractivity contribution >= 4 is 12.0 Å². The number of hydrogen-bond acceptors (Lipinski definition) is 4. The van der Waals surface area contributed by atoms with Gasteiger partial charge in [0.05, 0.1) is 6.07 Å². The standard InChI is InChI=1S/C8H11N3O3/c9-4-6-2-1-3-11(6)7(12)5-14-8(10)13/h6H,1-3,5H2,(H2,10,13). The van der Waals surface area contributed by atoms with Crippen LogP contribution in [0.2, 0.25) is 0 Å². The van der Waals surface area contributed by atoms with E-state index in [9.17, 15) is 9.59 Å². The summed E-state index contributed by atoms with van der Waals surface area (Å²) >= 11 is 0. The van der Waals surface area contributed by atoms with Crippen LogP contribution in [0.3, 0.4) is 0 Å². The summed E-state index contributed by atoms with van der Waals surface area (Å²) in [6.45, 7) is 0.159. The number of hydrogen-bond donors (Lipinski definition) is 1. The molecule has 14 heavy (non-hydrogen) atoms. The number of rotatable bonds is 2. The highest BCUT2D eigenvalue weighted by molar-refractivity contribution is 5.80. The first kappa shape index (κ1) is 10.3. The number of nitrogens with zero attached hydrogens (tertiary/aromatic N) is 2. The summed E-state index contributed by atoms with van der Waals surface area (Å²) in [5, 5.41) is 8.69. The smallest absolute Gasteiger partial charge is 0.405 e. The number of carbonyl (C=O) groups excluding carboxylic acids is 2. The molecule has 1 aliphatic rings. The van der Waals surface area contributed by atoms with Gasteiger partial charge >= 0.3 is 6.09 Å². The molecule has 1 heterocycles. The maximum absolute atomic E-state index is 11.4. The molecule has 0 aromatic rings. The number of ether oxygens (including phenoxy) is 1. The Kier molecular flexibility index (Phi) is 3.29. The summed E-state index contributed by atoms with van der Waals surface area (Å²) in [7, 11) is 0. The lowest BCUT2D eigenvalue weighted by atomic mass is 10.2. The summed E-state index contributed by atoms with van der Waals surface area (Å²) in [6, 6.07) is 1.63. The Bertz CT molecular complexity index is 284. The second-order valence-electron chi connectivity index (χ2n) is 2.98. The molecule has 0 aliphatic carbocycles. The van der Waals surface area contributed by atoms with E-state index in [4.69, 9.17) is 11.0 Å². The highest BCUT2D eigenvalue weighted by atomic mass is 16.5. The number of likely N-dealkylation sites (tertiary alicyclic amines) is 1. The molecular formula is C8H11N3O3. The van der Waals surface area contributed by atoms with Crippen molar-refractivity contribution in [2.24, 2.45) is 5.73 Å². The van der Waals surface area contributed by atoms with E-state index in [1.54, 1.807) is 0 Å². The van der Waals surface area contributed by atoms with E-state index >= 15 is 0 Å². The van der Waals surface area contributed by atoms with Gasteiger partial charge in [0.1, 0.15) is 6.04 Å². The molecule has 0 saturated carbocycles. The van der Waals surface area contributed by atoms with Crippen LogP contribution in [0.1, 0.15) is 12.8 Å². The van der Waals surface area contributed by atoms with Crippen LogP contribution >= 0.6 is 0 Å². The monoisotopic (exact) mass is 197 g/mol. The van der Waals surface area contributed by atoms with Crippen molar-refractivity contribution in [3.63, 3.8) is 0 Å². The first-order chi connectivity index (χ1) is 6.65. The molecule has 2 amide bonds. The van der Waals surface area contributed by atoms with Gasteiger partial charge in [0.15, 0.2) is 6.61 Å². The zero-order valence-corrected chi connectivity index (χ0v) is 7.60. The molecule has 1 aliphatic heterocycles. The molecule has 0 spiro atoms. The van der Waals surface area contributed by atoms with Gasteiger partial charge in [-0.2, -0.15) is 5.26 Å². The lowest BCUT2D eigenvalue weighted by Crippen LogP contribution is -2.38. The molecule has 1 unspecified atom stereocenters. The molecule has 2 N–H and O–H groups in total. The van der Waals surface area contributed by atoms with Crippen LogP contribution in [0.4, 0.5) is 4.79 Å². The predicted octanol–water partition coefficient (Wildman–Crippen LogP) is -0.404. The quantitative estimate of drug-likeness (QED) is 0.651. The SMILES string of the molecule is N#CC1CCCN1C(=O)COC(N)=O. The van der Waals surface area contributed by atoms with E-state index in [1.807, 2.05) is 6.07 Å². The number of nitriles is 1. The summed E-state index contributed by atoms with van der Waals surface area (Å²) in [5.74, 6) is -0.368. The van der Waals surface area contributed by atoms with Crippen LogP contribution in [0.5, 0.6) is 0 Å². The molecule has 0 aromatic heterocycles. The number of nitrogens with two attached hydrogens (primary N) is 1. The average Bonchev–Trinajstić information content (AvgIpc) is 2.61.